The summed E-state index contributed by atoms with van der Waals surface area (Å²) >= 11 is 7.66. The fraction of sp³-hybridized carbons (Fsp3) is 0.462. The third-order valence-electron chi connectivity index (χ3n) is 2.46. The second-order valence-electron chi connectivity index (χ2n) is 4.02. The smallest absolute Gasteiger partial charge is 0.228 e. The Morgan fingerprint density at radius 2 is 2.22 bits per heavy atom. The lowest BCUT2D eigenvalue weighted by atomic mass is 10.1. The fourth-order valence-electron chi connectivity index (χ4n) is 1.54. The summed E-state index contributed by atoms with van der Waals surface area (Å²) in [5, 5.41) is 6.56. The highest BCUT2D eigenvalue weighted by atomic mass is 35.5. The number of rotatable bonds is 6. The molecular formula is C13H19ClN2OS. The summed E-state index contributed by atoms with van der Waals surface area (Å²) in [7, 11) is 1.83. The molecule has 0 bridgehead atoms. The van der Waals surface area contributed by atoms with E-state index >= 15 is 0 Å². The predicted molar refractivity (Wildman–Crippen MR) is 79.6 cm³/mol. The molecule has 0 fully saturated rings. The number of hydrogen-bond donors (Lipinski definition) is 2. The van der Waals surface area contributed by atoms with Gasteiger partial charge in [-0.15, -0.1) is 11.8 Å². The van der Waals surface area contributed by atoms with Crippen LogP contribution in [-0.4, -0.2) is 25.3 Å². The first-order valence-electron chi connectivity index (χ1n) is 5.96. The fourth-order valence-corrected chi connectivity index (χ4v) is 2.45. The molecule has 0 saturated carbocycles. The van der Waals surface area contributed by atoms with Crippen molar-refractivity contribution in [2.24, 2.45) is 5.92 Å². The van der Waals surface area contributed by atoms with E-state index in [2.05, 4.69) is 17.6 Å². The summed E-state index contributed by atoms with van der Waals surface area (Å²) in [5.74, 6) is 0.884. The molecule has 0 saturated heterocycles. The zero-order valence-electron chi connectivity index (χ0n) is 10.9. The van der Waals surface area contributed by atoms with E-state index in [-0.39, 0.29) is 11.8 Å². The molecular weight excluding hydrogens is 268 g/mol. The van der Waals surface area contributed by atoms with E-state index in [1.807, 2.05) is 26.1 Å². The first-order valence-corrected chi connectivity index (χ1v) is 7.32. The van der Waals surface area contributed by atoms with Crippen molar-refractivity contribution in [3.05, 3.63) is 23.2 Å². The van der Waals surface area contributed by atoms with Crippen LogP contribution in [0.5, 0.6) is 0 Å². The summed E-state index contributed by atoms with van der Waals surface area (Å²) in [6.07, 6.45) is 0. The molecule has 1 atom stereocenters. The number of amides is 1. The van der Waals surface area contributed by atoms with E-state index in [9.17, 15) is 4.79 Å². The molecule has 0 aliphatic rings. The predicted octanol–water partition coefficient (Wildman–Crippen LogP) is 3.25. The van der Waals surface area contributed by atoms with Gasteiger partial charge in [-0.05, 0) is 31.0 Å². The molecule has 18 heavy (non-hydrogen) atoms. The second kappa shape index (κ2) is 7.67. The van der Waals surface area contributed by atoms with Crippen LogP contribution in [0.1, 0.15) is 13.8 Å². The van der Waals surface area contributed by atoms with E-state index in [0.717, 1.165) is 16.3 Å². The Morgan fingerprint density at radius 1 is 1.50 bits per heavy atom. The van der Waals surface area contributed by atoms with Gasteiger partial charge in [0.1, 0.15) is 0 Å². The molecule has 2 N–H and O–H groups in total. The maximum absolute atomic E-state index is 12.0. The van der Waals surface area contributed by atoms with Crippen molar-refractivity contribution in [1.82, 2.24) is 5.32 Å². The topological polar surface area (TPSA) is 41.1 Å². The highest BCUT2D eigenvalue weighted by Crippen LogP contribution is 2.30. The number of carbonyl (C=O) groups is 1. The average Bonchev–Trinajstić information content (AvgIpc) is 2.33. The van der Waals surface area contributed by atoms with Crippen LogP contribution in [0.15, 0.2) is 23.1 Å². The summed E-state index contributed by atoms with van der Waals surface area (Å²) < 4.78 is 0. The Morgan fingerprint density at radius 3 is 2.83 bits per heavy atom. The molecule has 0 spiro atoms. The number of nitrogens with one attached hydrogen (secondary N) is 2. The molecule has 0 aliphatic carbocycles. The number of halogens is 1. The maximum atomic E-state index is 12.0. The Hall–Kier alpha value is -0.710. The van der Waals surface area contributed by atoms with Crippen LogP contribution < -0.4 is 10.6 Å². The zero-order chi connectivity index (χ0) is 13.5. The average molecular weight is 287 g/mol. The van der Waals surface area contributed by atoms with Gasteiger partial charge in [0, 0.05) is 22.4 Å². The highest BCUT2D eigenvalue weighted by molar-refractivity contribution is 7.99. The molecule has 100 valence electrons. The first-order chi connectivity index (χ1) is 8.58. The normalized spacial score (nSPS) is 12.2. The van der Waals surface area contributed by atoms with Crippen LogP contribution in [0.3, 0.4) is 0 Å². The van der Waals surface area contributed by atoms with Crippen molar-refractivity contribution < 1.29 is 4.79 Å². The van der Waals surface area contributed by atoms with Crippen molar-refractivity contribution in [3.8, 4) is 0 Å². The van der Waals surface area contributed by atoms with Gasteiger partial charge in [-0.25, -0.2) is 0 Å². The van der Waals surface area contributed by atoms with Crippen LogP contribution >= 0.6 is 23.4 Å². The van der Waals surface area contributed by atoms with Crippen LogP contribution in [0.2, 0.25) is 5.02 Å². The van der Waals surface area contributed by atoms with Gasteiger partial charge in [0.2, 0.25) is 5.91 Å². The molecule has 3 nitrogen and oxygen atoms in total. The van der Waals surface area contributed by atoms with Gasteiger partial charge in [-0.3, -0.25) is 4.79 Å². The van der Waals surface area contributed by atoms with Gasteiger partial charge >= 0.3 is 0 Å². The van der Waals surface area contributed by atoms with Crippen molar-refractivity contribution in [2.75, 3.05) is 24.7 Å². The Bertz CT molecular complexity index is 412. The molecule has 0 aromatic heterocycles. The Kier molecular flexibility index (Phi) is 6.54. The van der Waals surface area contributed by atoms with Crippen LogP contribution in [0.4, 0.5) is 5.69 Å². The minimum absolute atomic E-state index is 0.00423. The number of benzene rings is 1. The highest BCUT2D eigenvalue weighted by Gasteiger charge is 2.14. The van der Waals surface area contributed by atoms with E-state index in [4.69, 9.17) is 11.6 Å². The molecule has 0 aliphatic heterocycles. The monoisotopic (exact) mass is 286 g/mol. The van der Waals surface area contributed by atoms with Gasteiger partial charge in [0.25, 0.3) is 0 Å². The van der Waals surface area contributed by atoms with Crippen molar-refractivity contribution in [2.45, 2.75) is 18.7 Å². The SMILES string of the molecule is CCSc1ccc(Cl)cc1NC(=O)C(C)CNC. The van der Waals surface area contributed by atoms with Crippen LogP contribution in [-0.2, 0) is 4.79 Å². The number of thioether (sulfide) groups is 1. The molecule has 1 amide bonds. The third kappa shape index (κ3) is 4.52. The minimum atomic E-state index is -0.0755. The number of carbonyl (C=O) groups excluding carboxylic acids is 1. The van der Waals surface area contributed by atoms with Crippen molar-refractivity contribution in [1.29, 1.82) is 0 Å². The van der Waals surface area contributed by atoms with Crippen molar-refractivity contribution >= 4 is 35.0 Å². The van der Waals surface area contributed by atoms with Gasteiger partial charge in [0.05, 0.1) is 5.69 Å². The molecule has 1 unspecified atom stereocenters. The zero-order valence-corrected chi connectivity index (χ0v) is 12.5. The lowest BCUT2D eigenvalue weighted by Crippen LogP contribution is -2.28. The summed E-state index contributed by atoms with van der Waals surface area (Å²) in [5.41, 5.74) is 0.794. The van der Waals surface area contributed by atoms with Crippen LogP contribution in [0.25, 0.3) is 0 Å². The molecule has 0 radical (unpaired) electrons. The lowest BCUT2D eigenvalue weighted by molar-refractivity contribution is -0.119. The van der Waals surface area contributed by atoms with Gasteiger partial charge in [-0.1, -0.05) is 25.4 Å². The summed E-state index contributed by atoms with van der Waals surface area (Å²) in [6, 6.07) is 5.57. The van der Waals surface area contributed by atoms with Gasteiger partial charge in [-0.2, -0.15) is 0 Å². The molecule has 1 aromatic carbocycles. The van der Waals surface area contributed by atoms with Crippen molar-refractivity contribution in [3.63, 3.8) is 0 Å². The van der Waals surface area contributed by atoms with Gasteiger partial charge < -0.3 is 10.6 Å². The largest absolute Gasteiger partial charge is 0.325 e. The van der Waals surface area contributed by atoms with E-state index < -0.39 is 0 Å². The minimum Gasteiger partial charge on any atom is -0.325 e. The molecule has 5 heteroatoms. The van der Waals surface area contributed by atoms with E-state index in [1.54, 1.807) is 17.8 Å². The second-order valence-corrected chi connectivity index (χ2v) is 5.76. The lowest BCUT2D eigenvalue weighted by Gasteiger charge is -2.14. The molecule has 0 heterocycles. The number of anilines is 1. The maximum Gasteiger partial charge on any atom is 0.228 e. The summed E-state index contributed by atoms with van der Waals surface area (Å²) in [6.45, 7) is 4.63. The van der Waals surface area contributed by atoms with Crippen LogP contribution in [0, 0.1) is 5.92 Å². The molecule has 1 aromatic rings. The van der Waals surface area contributed by atoms with Gasteiger partial charge in [0.15, 0.2) is 0 Å². The summed E-state index contributed by atoms with van der Waals surface area (Å²) in [4.78, 5) is 13.0. The quantitative estimate of drug-likeness (QED) is 0.789. The standard InChI is InChI=1S/C13H19ClN2OS/c1-4-18-12-6-5-10(14)7-11(12)16-13(17)9(2)8-15-3/h5-7,9,15H,4,8H2,1-3H3,(H,16,17). The van der Waals surface area contributed by atoms with E-state index in [0.29, 0.717) is 11.6 Å². The Balaban J connectivity index is 2.81. The first kappa shape index (κ1) is 15.3. The number of hydrogen-bond acceptors (Lipinski definition) is 3. The molecule has 1 rings (SSSR count). The third-order valence-corrected chi connectivity index (χ3v) is 3.65. The Labute approximate surface area is 118 Å². The van der Waals surface area contributed by atoms with E-state index in [1.165, 1.54) is 0 Å².